The first-order valence-corrected chi connectivity index (χ1v) is 8.33. The Bertz CT molecular complexity index is 685. The number of amides is 2. The van der Waals surface area contributed by atoms with E-state index in [1.54, 1.807) is 23.1 Å². The lowest BCUT2D eigenvalue weighted by atomic mass is 10.1. The standard InChI is InChI=1S/C17H17FN2O2S/c18-14-5-3-12(4-6-14)10-20-11-13(8-16(20)21)9-19-17(22)15-2-1-7-23-15/h1-7,13H,8-11H2,(H,19,22)/t13-/m0/s1. The van der Waals surface area contributed by atoms with Crippen molar-refractivity contribution in [3.05, 3.63) is 58.0 Å². The molecule has 2 heterocycles. The maximum absolute atomic E-state index is 12.9. The van der Waals surface area contributed by atoms with Gasteiger partial charge in [-0.05, 0) is 29.1 Å². The molecule has 0 spiro atoms. The number of nitrogens with one attached hydrogen (secondary N) is 1. The minimum atomic E-state index is -0.282. The first-order chi connectivity index (χ1) is 11.1. The van der Waals surface area contributed by atoms with Crippen LogP contribution in [0.25, 0.3) is 0 Å². The summed E-state index contributed by atoms with van der Waals surface area (Å²) < 4.78 is 12.9. The van der Waals surface area contributed by atoms with Gasteiger partial charge < -0.3 is 10.2 Å². The van der Waals surface area contributed by atoms with E-state index in [0.29, 0.717) is 30.9 Å². The molecule has 2 amide bonds. The monoisotopic (exact) mass is 332 g/mol. The quantitative estimate of drug-likeness (QED) is 0.915. The second-order valence-corrected chi connectivity index (χ2v) is 6.61. The van der Waals surface area contributed by atoms with Gasteiger partial charge in [0.05, 0.1) is 4.88 Å². The van der Waals surface area contributed by atoms with Gasteiger partial charge in [0.15, 0.2) is 0 Å². The van der Waals surface area contributed by atoms with Crippen LogP contribution in [-0.2, 0) is 11.3 Å². The molecular formula is C17H17FN2O2S. The molecule has 0 aliphatic carbocycles. The van der Waals surface area contributed by atoms with Crippen LogP contribution in [-0.4, -0.2) is 29.8 Å². The Morgan fingerprint density at radius 2 is 2.09 bits per heavy atom. The van der Waals surface area contributed by atoms with Gasteiger partial charge in [-0.1, -0.05) is 18.2 Å². The summed E-state index contributed by atoms with van der Waals surface area (Å²) >= 11 is 1.40. The largest absolute Gasteiger partial charge is 0.351 e. The van der Waals surface area contributed by atoms with E-state index in [-0.39, 0.29) is 23.5 Å². The molecule has 0 radical (unpaired) electrons. The third-order valence-electron chi connectivity index (χ3n) is 3.88. The number of likely N-dealkylation sites (tertiary alicyclic amines) is 1. The Labute approximate surface area is 137 Å². The van der Waals surface area contributed by atoms with Crippen LogP contribution in [0.1, 0.15) is 21.7 Å². The number of carbonyl (C=O) groups excluding carboxylic acids is 2. The first-order valence-electron chi connectivity index (χ1n) is 7.46. The van der Waals surface area contributed by atoms with Crippen molar-refractivity contribution in [1.29, 1.82) is 0 Å². The van der Waals surface area contributed by atoms with E-state index in [1.807, 2.05) is 11.4 Å². The van der Waals surface area contributed by atoms with E-state index in [9.17, 15) is 14.0 Å². The van der Waals surface area contributed by atoms with Crippen molar-refractivity contribution < 1.29 is 14.0 Å². The first kappa shape index (κ1) is 15.7. The highest BCUT2D eigenvalue weighted by Crippen LogP contribution is 2.20. The van der Waals surface area contributed by atoms with Crippen molar-refractivity contribution in [3.63, 3.8) is 0 Å². The van der Waals surface area contributed by atoms with Crippen LogP contribution in [0.2, 0.25) is 0 Å². The normalized spacial score (nSPS) is 17.5. The molecule has 1 fully saturated rings. The molecule has 1 aromatic carbocycles. The van der Waals surface area contributed by atoms with Crippen LogP contribution in [0.15, 0.2) is 41.8 Å². The molecule has 1 aliphatic heterocycles. The predicted octanol–water partition coefficient (Wildman–Crippen LogP) is 2.67. The lowest BCUT2D eigenvalue weighted by Crippen LogP contribution is -2.30. The molecule has 1 aromatic heterocycles. The van der Waals surface area contributed by atoms with Crippen LogP contribution in [0.3, 0.4) is 0 Å². The van der Waals surface area contributed by atoms with Crippen LogP contribution in [0.4, 0.5) is 4.39 Å². The summed E-state index contributed by atoms with van der Waals surface area (Å²) in [6.07, 6.45) is 0.436. The molecular weight excluding hydrogens is 315 g/mol. The zero-order valence-corrected chi connectivity index (χ0v) is 13.3. The highest BCUT2D eigenvalue weighted by atomic mass is 32.1. The maximum Gasteiger partial charge on any atom is 0.261 e. The van der Waals surface area contributed by atoms with E-state index in [0.717, 1.165) is 5.56 Å². The average Bonchev–Trinajstić information content (AvgIpc) is 3.18. The van der Waals surface area contributed by atoms with Gasteiger partial charge in [0.1, 0.15) is 5.82 Å². The Morgan fingerprint density at radius 1 is 1.30 bits per heavy atom. The Hall–Kier alpha value is -2.21. The number of benzene rings is 1. The van der Waals surface area contributed by atoms with E-state index >= 15 is 0 Å². The van der Waals surface area contributed by atoms with Gasteiger partial charge in [-0.15, -0.1) is 11.3 Å². The fourth-order valence-electron chi connectivity index (χ4n) is 2.69. The molecule has 6 heteroatoms. The summed E-state index contributed by atoms with van der Waals surface area (Å²) in [4.78, 5) is 26.4. The number of hydrogen-bond donors (Lipinski definition) is 1. The molecule has 23 heavy (non-hydrogen) atoms. The smallest absolute Gasteiger partial charge is 0.261 e. The van der Waals surface area contributed by atoms with Crippen molar-refractivity contribution in [3.8, 4) is 0 Å². The second-order valence-electron chi connectivity index (χ2n) is 5.66. The topological polar surface area (TPSA) is 49.4 Å². The van der Waals surface area contributed by atoms with Gasteiger partial charge in [0.2, 0.25) is 5.91 Å². The average molecular weight is 332 g/mol. The molecule has 1 aliphatic rings. The molecule has 3 rings (SSSR count). The Morgan fingerprint density at radius 3 is 2.78 bits per heavy atom. The number of thiophene rings is 1. The van der Waals surface area contributed by atoms with Gasteiger partial charge in [0.25, 0.3) is 5.91 Å². The SMILES string of the molecule is O=C(NC[C@@H]1CC(=O)N(Cc2ccc(F)cc2)C1)c1cccs1. The van der Waals surface area contributed by atoms with Crippen LogP contribution in [0.5, 0.6) is 0 Å². The van der Waals surface area contributed by atoms with E-state index in [4.69, 9.17) is 0 Å². The van der Waals surface area contributed by atoms with Crippen molar-refractivity contribution in [1.82, 2.24) is 10.2 Å². The fraction of sp³-hybridized carbons (Fsp3) is 0.294. The number of carbonyl (C=O) groups is 2. The summed E-state index contributed by atoms with van der Waals surface area (Å²) in [5.74, 6) is -0.184. The van der Waals surface area contributed by atoms with Crippen molar-refractivity contribution in [2.45, 2.75) is 13.0 Å². The zero-order valence-electron chi connectivity index (χ0n) is 12.5. The minimum absolute atomic E-state index is 0.0738. The number of hydrogen-bond acceptors (Lipinski definition) is 3. The second kappa shape index (κ2) is 6.91. The molecule has 2 aromatic rings. The maximum atomic E-state index is 12.9. The van der Waals surface area contributed by atoms with Crippen LogP contribution >= 0.6 is 11.3 Å². The summed E-state index contributed by atoms with van der Waals surface area (Å²) in [6, 6.07) is 9.79. The lowest BCUT2D eigenvalue weighted by Gasteiger charge is -2.17. The van der Waals surface area contributed by atoms with Crippen LogP contribution in [0, 0.1) is 11.7 Å². The number of halogens is 1. The lowest BCUT2D eigenvalue weighted by molar-refractivity contribution is -0.128. The van der Waals surface area contributed by atoms with Crippen molar-refractivity contribution in [2.24, 2.45) is 5.92 Å². The third kappa shape index (κ3) is 3.96. The van der Waals surface area contributed by atoms with E-state index in [1.165, 1.54) is 23.5 Å². The summed E-state index contributed by atoms with van der Waals surface area (Å²) in [7, 11) is 0. The molecule has 1 N–H and O–H groups in total. The summed E-state index contributed by atoms with van der Waals surface area (Å²) in [5, 5.41) is 4.74. The highest BCUT2D eigenvalue weighted by Gasteiger charge is 2.29. The number of rotatable bonds is 5. The molecule has 1 saturated heterocycles. The number of nitrogens with zero attached hydrogens (tertiary/aromatic N) is 1. The molecule has 0 saturated carbocycles. The third-order valence-corrected chi connectivity index (χ3v) is 4.75. The molecule has 120 valence electrons. The minimum Gasteiger partial charge on any atom is -0.351 e. The highest BCUT2D eigenvalue weighted by molar-refractivity contribution is 7.12. The summed E-state index contributed by atoms with van der Waals surface area (Å²) in [6.45, 7) is 1.58. The Balaban J connectivity index is 1.51. The molecule has 1 atom stereocenters. The summed E-state index contributed by atoms with van der Waals surface area (Å²) in [5.41, 5.74) is 0.906. The van der Waals surface area contributed by atoms with Gasteiger partial charge in [0, 0.05) is 32.0 Å². The van der Waals surface area contributed by atoms with Gasteiger partial charge in [-0.3, -0.25) is 9.59 Å². The van der Waals surface area contributed by atoms with Crippen molar-refractivity contribution >= 4 is 23.2 Å². The molecule has 0 unspecified atom stereocenters. The van der Waals surface area contributed by atoms with Gasteiger partial charge in [-0.2, -0.15) is 0 Å². The van der Waals surface area contributed by atoms with Crippen molar-refractivity contribution in [2.75, 3.05) is 13.1 Å². The van der Waals surface area contributed by atoms with Gasteiger partial charge in [-0.25, -0.2) is 4.39 Å². The predicted molar refractivity (Wildman–Crippen MR) is 86.6 cm³/mol. The zero-order chi connectivity index (χ0) is 16.2. The molecule has 0 bridgehead atoms. The Kier molecular flexibility index (Phi) is 4.71. The van der Waals surface area contributed by atoms with Gasteiger partial charge >= 0.3 is 0 Å². The van der Waals surface area contributed by atoms with E-state index < -0.39 is 0 Å². The molecule has 4 nitrogen and oxygen atoms in total. The fourth-order valence-corrected chi connectivity index (χ4v) is 3.33. The van der Waals surface area contributed by atoms with E-state index in [2.05, 4.69) is 5.32 Å². The van der Waals surface area contributed by atoms with Crippen LogP contribution < -0.4 is 5.32 Å².